The highest BCUT2D eigenvalue weighted by Crippen LogP contribution is 2.53. The molecule has 2 nitrogen and oxygen atoms in total. The second kappa shape index (κ2) is 3.89. The fraction of sp³-hybridized carbons (Fsp3) is 0.400. The van der Waals surface area contributed by atoms with Crippen molar-refractivity contribution in [3.8, 4) is 0 Å². The molecule has 1 amide bonds. The SMILES string of the molecule is CC1=C(C)CC2(C1)Sc1ccccc1N(C)C2=O. The van der Waals surface area contributed by atoms with Gasteiger partial charge in [-0.05, 0) is 38.8 Å². The van der Waals surface area contributed by atoms with Crippen molar-refractivity contribution in [3.63, 3.8) is 0 Å². The zero-order chi connectivity index (χ0) is 12.9. The lowest BCUT2D eigenvalue weighted by atomic mass is 10.0. The van der Waals surface area contributed by atoms with Crippen molar-refractivity contribution in [3.05, 3.63) is 35.4 Å². The molecule has 18 heavy (non-hydrogen) atoms. The molecule has 1 aliphatic heterocycles. The van der Waals surface area contributed by atoms with Gasteiger partial charge in [-0.25, -0.2) is 0 Å². The number of hydrogen-bond donors (Lipinski definition) is 0. The van der Waals surface area contributed by atoms with E-state index in [4.69, 9.17) is 0 Å². The maximum absolute atomic E-state index is 12.7. The van der Waals surface area contributed by atoms with Gasteiger partial charge in [-0.3, -0.25) is 4.79 Å². The van der Waals surface area contributed by atoms with Gasteiger partial charge < -0.3 is 4.90 Å². The Morgan fingerprint density at radius 2 is 1.78 bits per heavy atom. The summed E-state index contributed by atoms with van der Waals surface area (Å²) in [4.78, 5) is 15.7. The van der Waals surface area contributed by atoms with Crippen molar-refractivity contribution in [2.45, 2.75) is 36.3 Å². The summed E-state index contributed by atoms with van der Waals surface area (Å²) in [6.07, 6.45) is 1.78. The number of thioether (sulfide) groups is 1. The third-order valence-corrected chi connectivity index (χ3v) is 5.48. The van der Waals surface area contributed by atoms with Crippen molar-refractivity contribution in [1.29, 1.82) is 0 Å². The molecule has 0 bridgehead atoms. The Bertz CT molecular complexity index is 547. The molecule has 94 valence electrons. The molecule has 3 rings (SSSR count). The van der Waals surface area contributed by atoms with Crippen LogP contribution in [0.5, 0.6) is 0 Å². The second-order valence-electron chi connectivity index (χ2n) is 5.34. The Morgan fingerprint density at radius 1 is 1.17 bits per heavy atom. The molecule has 1 heterocycles. The maximum atomic E-state index is 12.7. The molecule has 0 saturated heterocycles. The summed E-state index contributed by atoms with van der Waals surface area (Å²) in [6.45, 7) is 4.30. The van der Waals surface area contributed by atoms with Gasteiger partial charge in [0.1, 0.15) is 4.75 Å². The molecule has 0 radical (unpaired) electrons. The van der Waals surface area contributed by atoms with E-state index < -0.39 is 0 Å². The molecule has 1 aliphatic carbocycles. The van der Waals surface area contributed by atoms with E-state index in [1.165, 1.54) is 16.0 Å². The average molecular weight is 259 g/mol. The van der Waals surface area contributed by atoms with Crippen molar-refractivity contribution < 1.29 is 4.79 Å². The van der Waals surface area contributed by atoms with Gasteiger partial charge in [0.15, 0.2) is 0 Å². The number of allylic oxidation sites excluding steroid dienone is 2. The number of anilines is 1. The van der Waals surface area contributed by atoms with Crippen molar-refractivity contribution >= 4 is 23.4 Å². The van der Waals surface area contributed by atoms with Crippen LogP contribution in [0.15, 0.2) is 40.3 Å². The van der Waals surface area contributed by atoms with Gasteiger partial charge in [0.25, 0.3) is 0 Å². The van der Waals surface area contributed by atoms with Crippen LogP contribution in [0.3, 0.4) is 0 Å². The first-order valence-electron chi connectivity index (χ1n) is 6.25. The zero-order valence-electron chi connectivity index (χ0n) is 11.0. The largest absolute Gasteiger partial charge is 0.313 e. The predicted molar refractivity (Wildman–Crippen MR) is 76.0 cm³/mol. The van der Waals surface area contributed by atoms with Crippen LogP contribution in [0, 0.1) is 0 Å². The van der Waals surface area contributed by atoms with E-state index in [-0.39, 0.29) is 10.7 Å². The summed E-state index contributed by atoms with van der Waals surface area (Å²) in [7, 11) is 1.89. The second-order valence-corrected chi connectivity index (χ2v) is 6.77. The number of amides is 1. The molecule has 1 aromatic rings. The van der Waals surface area contributed by atoms with Crippen LogP contribution in [0.2, 0.25) is 0 Å². The predicted octanol–water partition coefficient (Wildman–Crippen LogP) is 3.62. The Balaban J connectivity index is 2.05. The number of rotatable bonds is 0. The van der Waals surface area contributed by atoms with Crippen LogP contribution >= 0.6 is 11.8 Å². The lowest BCUT2D eigenvalue weighted by molar-refractivity contribution is -0.120. The zero-order valence-corrected chi connectivity index (χ0v) is 11.8. The highest BCUT2D eigenvalue weighted by atomic mass is 32.2. The number of nitrogens with zero attached hydrogens (tertiary/aromatic N) is 1. The van der Waals surface area contributed by atoms with Crippen molar-refractivity contribution in [2.24, 2.45) is 0 Å². The minimum absolute atomic E-state index is 0.252. The number of para-hydroxylation sites is 1. The van der Waals surface area contributed by atoms with Crippen LogP contribution in [0.4, 0.5) is 5.69 Å². The number of carbonyl (C=O) groups is 1. The number of hydrogen-bond acceptors (Lipinski definition) is 2. The fourth-order valence-electron chi connectivity index (χ4n) is 2.93. The summed E-state index contributed by atoms with van der Waals surface area (Å²) in [6, 6.07) is 8.18. The molecule has 1 spiro atoms. The van der Waals surface area contributed by atoms with E-state index in [1.54, 1.807) is 11.8 Å². The van der Waals surface area contributed by atoms with E-state index in [0.29, 0.717) is 0 Å². The summed E-state index contributed by atoms with van der Waals surface area (Å²) in [5.41, 5.74) is 3.80. The molecule has 2 aliphatic rings. The van der Waals surface area contributed by atoms with E-state index >= 15 is 0 Å². The van der Waals surface area contributed by atoms with Gasteiger partial charge >= 0.3 is 0 Å². The van der Waals surface area contributed by atoms with Crippen LogP contribution in [0.1, 0.15) is 26.7 Å². The Morgan fingerprint density at radius 3 is 2.44 bits per heavy atom. The van der Waals surface area contributed by atoms with E-state index in [9.17, 15) is 4.79 Å². The average Bonchev–Trinajstić information content (AvgIpc) is 2.63. The molecule has 0 N–H and O–H groups in total. The first-order valence-corrected chi connectivity index (χ1v) is 7.06. The van der Waals surface area contributed by atoms with E-state index in [2.05, 4.69) is 19.9 Å². The Kier molecular flexibility index (Phi) is 2.56. The maximum Gasteiger partial charge on any atom is 0.244 e. The molecule has 0 saturated carbocycles. The van der Waals surface area contributed by atoms with Crippen LogP contribution < -0.4 is 4.90 Å². The molecular weight excluding hydrogens is 242 g/mol. The topological polar surface area (TPSA) is 20.3 Å². The first-order chi connectivity index (χ1) is 8.53. The van der Waals surface area contributed by atoms with Gasteiger partial charge in [-0.15, -0.1) is 11.8 Å². The summed E-state index contributed by atoms with van der Waals surface area (Å²) >= 11 is 1.75. The monoisotopic (exact) mass is 259 g/mol. The highest BCUT2D eigenvalue weighted by Gasteiger charge is 2.48. The number of fused-ring (bicyclic) bond motifs is 1. The Labute approximate surface area is 112 Å². The molecular formula is C15H17NOS. The molecule has 0 atom stereocenters. The van der Waals surface area contributed by atoms with Gasteiger partial charge in [0, 0.05) is 11.9 Å². The summed E-state index contributed by atoms with van der Waals surface area (Å²) in [5, 5.41) is 0. The van der Waals surface area contributed by atoms with Crippen molar-refractivity contribution in [2.75, 3.05) is 11.9 Å². The highest BCUT2D eigenvalue weighted by molar-refractivity contribution is 8.01. The Hall–Kier alpha value is -1.22. The van der Waals surface area contributed by atoms with Crippen molar-refractivity contribution in [1.82, 2.24) is 0 Å². The first kappa shape index (κ1) is 11.8. The molecule has 0 unspecified atom stereocenters. The van der Waals surface area contributed by atoms with E-state index in [0.717, 1.165) is 18.5 Å². The third-order valence-electron chi connectivity index (χ3n) is 4.06. The molecule has 1 aromatic carbocycles. The molecule has 0 aromatic heterocycles. The van der Waals surface area contributed by atoms with Crippen LogP contribution in [-0.4, -0.2) is 17.7 Å². The lowest BCUT2D eigenvalue weighted by Crippen LogP contribution is -2.47. The van der Waals surface area contributed by atoms with Crippen LogP contribution in [-0.2, 0) is 4.79 Å². The fourth-order valence-corrected chi connectivity index (χ4v) is 4.61. The van der Waals surface area contributed by atoms with Gasteiger partial charge in [-0.1, -0.05) is 23.3 Å². The number of benzene rings is 1. The minimum atomic E-state index is -0.280. The summed E-state index contributed by atoms with van der Waals surface area (Å²) in [5.74, 6) is 0.252. The smallest absolute Gasteiger partial charge is 0.244 e. The quantitative estimate of drug-likeness (QED) is 0.663. The third kappa shape index (κ3) is 1.53. The van der Waals surface area contributed by atoms with E-state index in [1.807, 2.05) is 30.1 Å². The van der Waals surface area contributed by atoms with Gasteiger partial charge in [-0.2, -0.15) is 0 Å². The lowest BCUT2D eigenvalue weighted by Gasteiger charge is -2.38. The van der Waals surface area contributed by atoms with Gasteiger partial charge in [0.05, 0.1) is 5.69 Å². The summed E-state index contributed by atoms with van der Waals surface area (Å²) < 4.78 is -0.280. The van der Waals surface area contributed by atoms with Crippen LogP contribution in [0.25, 0.3) is 0 Å². The minimum Gasteiger partial charge on any atom is -0.313 e. The van der Waals surface area contributed by atoms with Gasteiger partial charge in [0.2, 0.25) is 5.91 Å². The standard InChI is InChI=1S/C15H17NOS/c1-10-8-15(9-11(10)2)14(17)16(3)12-6-4-5-7-13(12)18-15/h4-7H,8-9H2,1-3H3. The molecule has 3 heteroatoms. The molecule has 0 fully saturated rings. The normalized spacial score (nSPS) is 21.7. The number of carbonyl (C=O) groups excluding carboxylic acids is 1.